The summed E-state index contributed by atoms with van der Waals surface area (Å²) in [5.74, 6) is 2.23. The van der Waals surface area contributed by atoms with Gasteiger partial charge >= 0.3 is 5.97 Å². The first-order valence-electron chi connectivity index (χ1n) is 11.0. The predicted molar refractivity (Wildman–Crippen MR) is 103 cm³/mol. The van der Waals surface area contributed by atoms with Crippen molar-refractivity contribution in [1.29, 1.82) is 0 Å². The highest BCUT2D eigenvalue weighted by Crippen LogP contribution is 2.66. The molecule has 4 aliphatic carbocycles. The lowest BCUT2D eigenvalue weighted by Crippen LogP contribution is -2.58. The molecule has 0 aromatic carbocycles. The molecular formula is C23H36O4. The molecule has 1 N–H and O–H groups in total. The molecule has 0 aliphatic heterocycles. The largest absolute Gasteiger partial charge is 0.463 e. The summed E-state index contributed by atoms with van der Waals surface area (Å²) < 4.78 is 5.52. The van der Waals surface area contributed by atoms with Gasteiger partial charge in [-0.15, -0.1) is 0 Å². The monoisotopic (exact) mass is 376 g/mol. The van der Waals surface area contributed by atoms with E-state index < -0.39 is 0 Å². The zero-order chi connectivity index (χ0) is 19.6. The summed E-state index contributed by atoms with van der Waals surface area (Å²) >= 11 is 0. The highest BCUT2D eigenvalue weighted by molar-refractivity contribution is 5.84. The van der Waals surface area contributed by atoms with Gasteiger partial charge in [-0.2, -0.15) is 0 Å². The topological polar surface area (TPSA) is 63.6 Å². The molecule has 4 rings (SSSR count). The van der Waals surface area contributed by atoms with Crippen molar-refractivity contribution in [3.63, 3.8) is 0 Å². The highest BCUT2D eigenvalue weighted by atomic mass is 16.5. The van der Waals surface area contributed by atoms with E-state index in [4.69, 9.17) is 4.74 Å². The summed E-state index contributed by atoms with van der Waals surface area (Å²) in [6, 6.07) is 0. The maximum Gasteiger partial charge on any atom is 0.302 e. The molecule has 0 unspecified atom stereocenters. The molecule has 0 spiro atoms. The van der Waals surface area contributed by atoms with E-state index >= 15 is 0 Å². The van der Waals surface area contributed by atoms with Crippen LogP contribution >= 0.6 is 0 Å². The van der Waals surface area contributed by atoms with Crippen molar-refractivity contribution >= 4 is 11.8 Å². The predicted octanol–water partition coefficient (Wildman–Crippen LogP) is 4.14. The molecule has 27 heavy (non-hydrogen) atoms. The molecule has 4 heteroatoms. The van der Waals surface area contributed by atoms with Crippen LogP contribution in [0.15, 0.2) is 0 Å². The summed E-state index contributed by atoms with van der Waals surface area (Å²) in [7, 11) is 0. The van der Waals surface area contributed by atoms with Gasteiger partial charge in [0.2, 0.25) is 0 Å². The van der Waals surface area contributed by atoms with E-state index in [1.807, 2.05) is 6.92 Å². The van der Waals surface area contributed by atoms with Crippen LogP contribution in [0.25, 0.3) is 0 Å². The van der Waals surface area contributed by atoms with Crippen molar-refractivity contribution in [2.75, 3.05) is 0 Å². The average Bonchev–Trinajstić information content (AvgIpc) is 2.91. The van der Waals surface area contributed by atoms with Crippen molar-refractivity contribution in [3.8, 4) is 0 Å². The van der Waals surface area contributed by atoms with E-state index in [1.165, 1.54) is 6.92 Å². The second-order valence-corrected chi connectivity index (χ2v) is 10.6. The zero-order valence-corrected chi connectivity index (χ0v) is 17.4. The fraction of sp³-hybridized carbons (Fsp3) is 0.913. The molecule has 0 aromatic rings. The first-order valence-corrected chi connectivity index (χ1v) is 11.0. The Labute approximate surface area is 163 Å². The van der Waals surface area contributed by atoms with Gasteiger partial charge in [0.05, 0.1) is 6.10 Å². The lowest BCUT2D eigenvalue weighted by atomic mass is 9.44. The number of hydrogen-bond acceptors (Lipinski definition) is 4. The molecule has 4 fully saturated rings. The molecule has 4 nitrogen and oxygen atoms in total. The minimum atomic E-state index is -0.324. The molecule has 0 amide bonds. The molecule has 0 radical (unpaired) electrons. The summed E-state index contributed by atoms with van der Waals surface area (Å²) in [5, 5.41) is 10.3. The number of Topliss-reactive ketones (excluding diaryl/α,β-unsaturated/α-hetero) is 1. The average molecular weight is 377 g/mol. The molecule has 0 aromatic heterocycles. The Morgan fingerprint density at radius 2 is 1.89 bits per heavy atom. The van der Waals surface area contributed by atoms with Crippen LogP contribution in [0.3, 0.4) is 0 Å². The lowest BCUT2D eigenvalue weighted by molar-refractivity contribution is -0.170. The fourth-order valence-corrected chi connectivity index (χ4v) is 8.21. The normalized spacial score (nSPS) is 50.3. The molecule has 0 saturated heterocycles. The SMILES string of the molecule is CC(=O)O[C@@H]1CC[C@@]2(C)[C@H](CC[C@H]3[C@@H]4CC[C@H]([C@@H](C)O)[C@@]4(C)CC(=O)[C@@H]32)C1. The Kier molecular flexibility index (Phi) is 4.73. The summed E-state index contributed by atoms with van der Waals surface area (Å²) in [6.45, 7) is 8.03. The van der Waals surface area contributed by atoms with Crippen LogP contribution in [0.4, 0.5) is 0 Å². The van der Waals surface area contributed by atoms with Gasteiger partial charge in [0, 0.05) is 19.3 Å². The van der Waals surface area contributed by atoms with Gasteiger partial charge in [-0.25, -0.2) is 0 Å². The first kappa shape index (κ1) is 19.4. The number of ketones is 1. The van der Waals surface area contributed by atoms with Crippen LogP contribution in [0.1, 0.15) is 79.1 Å². The van der Waals surface area contributed by atoms with Gasteiger partial charge in [-0.3, -0.25) is 9.59 Å². The van der Waals surface area contributed by atoms with E-state index in [-0.39, 0.29) is 40.8 Å². The van der Waals surface area contributed by atoms with Crippen LogP contribution in [-0.2, 0) is 14.3 Å². The Morgan fingerprint density at radius 3 is 2.56 bits per heavy atom. The van der Waals surface area contributed by atoms with Crippen LogP contribution in [-0.4, -0.2) is 29.1 Å². The van der Waals surface area contributed by atoms with Crippen molar-refractivity contribution in [2.24, 2.45) is 40.4 Å². The number of aliphatic hydroxyl groups is 1. The van der Waals surface area contributed by atoms with Crippen LogP contribution in [0.5, 0.6) is 0 Å². The number of esters is 1. The molecule has 4 saturated carbocycles. The third-order valence-corrected chi connectivity index (χ3v) is 9.29. The first-order chi connectivity index (χ1) is 12.7. The minimum absolute atomic E-state index is 0.0233. The number of hydrogen-bond donors (Lipinski definition) is 1. The van der Waals surface area contributed by atoms with Crippen LogP contribution in [0.2, 0.25) is 0 Å². The Bertz CT molecular complexity index is 628. The number of carbonyl (C=O) groups is 2. The van der Waals surface area contributed by atoms with Gasteiger partial charge in [0.25, 0.3) is 0 Å². The molecular weight excluding hydrogens is 340 g/mol. The Balaban J connectivity index is 1.59. The molecule has 152 valence electrons. The van der Waals surface area contributed by atoms with E-state index in [9.17, 15) is 14.7 Å². The molecule has 9 atom stereocenters. The summed E-state index contributed by atoms with van der Waals surface area (Å²) in [4.78, 5) is 24.9. The summed E-state index contributed by atoms with van der Waals surface area (Å²) in [6.07, 6.45) is 7.65. The number of carbonyl (C=O) groups excluding carboxylic acids is 2. The van der Waals surface area contributed by atoms with Gasteiger partial charge in [-0.1, -0.05) is 13.8 Å². The number of ether oxygens (including phenoxy) is 1. The van der Waals surface area contributed by atoms with Crippen molar-refractivity contribution in [3.05, 3.63) is 0 Å². The number of aliphatic hydroxyl groups excluding tert-OH is 1. The number of fused-ring (bicyclic) bond motifs is 5. The van der Waals surface area contributed by atoms with E-state index in [1.54, 1.807) is 0 Å². The van der Waals surface area contributed by atoms with Crippen molar-refractivity contribution < 1.29 is 19.4 Å². The smallest absolute Gasteiger partial charge is 0.302 e. The molecule has 0 heterocycles. The fourth-order valence-electron chi connectivity index (χ4n) is 8.21. The van der Waals surface area contributed by atoms with E-state index in [0.29, 0.717) is 30.0 Å². The third kappa shape index (κ3) is 2.89. The number of rotatable bonds is 2. The van der Waals surface area contributed by atoms with Crippen molar-refractivity contribution in [1.82, 2.24) is 0 Å². The van der Waals surface area contributed by atoms with E-state index in [0.717, 1.165) is 44.9 Å². The zero-order valence-electron chi connectivity index (χ0n) is 17.4. The maximum atomic E-state index is 13.5. The van der Waals surface area contributed by atoms with Gasteiger partial charge < -0.3 is 9.84 Å². The second kappa shape index (κ2) is 6.57. The third-order valence-electron chi connectivity index (χ3n) is 9.29. The minimum Gasteiger partial charge on any atom is -0.463 e. The molecule has 0 bridgehead atoms. The Morgan fingerprint density at radius 1 is 1.15 bits per heavy atom. The van der Waals surface area contributed by atoms with Crippen LogP contribution in [0, 0.1) is 40.4 Å². The van der Waals surface area contributed by atoms with Gasteiger partial charge in [0.15, 0.2) is 0 Å². The van der Waals surface area contributed by atoms with Gasteiger partial charge in [-0.05, 0) is 86.4 Å². The van der Waals surface area contributed by atoms with Crippen LogP contribution < -0.4 is 0 Å². The van der Waals surface area contributed by atoms with Gasteiger partial charge in [0.1, 0.15) is 11.9 Å². The quantitative estimate of drug-likeness (QED) is 0.736. The highest BCUT2D eigenvalue weighted by Gasteiger charge is 2.63. The lowest BCUT2D eigenvalue weighted by Gasteiger charge is -2.60. The molecule has 4 aliphatic rings. The second-order valence-electron chi connectivity index (χ2n) is 10.6. The maximum absolute atomic E-state index is 13.5. The summed E-state index contributed by atoms with van der Waals surface area (Å²) in [5.41, 5.74) is 0.0332. The standard InChI is InChI=1S/C23H36O4/c1-13(24)18-7-8-19-17-6-5-15-11-16(27-14(2)25)9-10-22(15,3)21(17)20(26)12-23(18,19)4/h13,15-19,21,24H,5-12H2,1-4H3/t13-,15-,16-,17+,18-,19+,21-,22+,23-/m1/s1. The Hall–Kier alpha value is -0.900. The van der Waals surface area contributed by atoms with E-state index in [2.05, 4.69) is 13.8 Å². The van der Waals surface area contributed by atoms with Crippen molar-refractivity contribution in [2.45, 2.75) is 91.3 Å².